The number of nitrogens with zero attached hydrogens (tertiary/aromatic N) is 1. The minimum Gasteiger partial charge on any atom is -0.494 e. The number of amides is 3. The third-order valence-electron chi connectivity index (χ3n) is 7.21. The molecule has 0 radical (unpaired) electrons. The molecule has 0 unspecified atom stereocenters. The molecule has 1 heterocycles. The van der Waals surface area contributed by atoms with Gasteiger partial charge in [0, 0.05) is 17.2 Å². The van der Waals surface area contributed by atoms with Gasteiger partial charge >= 0.3 is 0 Å². The lowest BCUT2D eigenvalue weighted by Crippen LogP contribution is -2.59. The zero-order chi connectivity index (χ0) is 22.4. The number of nitrogens with one attached hydrogen (secondary N) is 1. The first-order chi connectivity index (χ1) is 14.7. The summed E-state index contributed by atoms with van der Waals surface area (Å²) in [4.78, 5) is 40.7. The first kappa shape index (κ1) is 21.1. The Balaban J connectivity index is 1.58. The standard InChI is InChI=1S/C25H28N2O4/c1-5-31-19-11-9-17(10-12-19)26-21(28)16-7-6-8-18(15-16)27-22(29)20-13-14-25(4,23(27)30)24(20,2)3/h6-12,15,20H,5,13-14H2,1-4H3,(H,26,28)/t20-,25+/m1/s1. The number of benzene rings is 2. The maximum Gasteiger partial charge on any atom is 0.255 e. The van der Waals surface area contributed by atoms with Crippen LogP contribution in [0.4, 0.5) is 11.4 Å². The van der Waals surface area contributed by atoms with Crippen LogP contribution in [-0.4, -0.2) is 24.3 Å². The van der Waals surface area contributed by atoms with Crippen LogP contribution in [0.5, 0.6) is 5.75 Å². The molecule has 1 saturated carbocycles. The van der Waals surface area contributed by atoms with Crippen molar-refractivity contribution in [2.75, 3.05) is 16.8 Å². The van der Waals surface area contributed by atoms with Crippen LogP contribution in [0.15, 0.2) is 48.5 Å². The van der Waals surface area contributed by atoms with E-state index in [1.54, 1.807) is 48.5 Å². The molecule has 1 saturated heterocycles. The highest BCUT2D eigenvalue weighted by Gasteiger charge is 2.64. The largest absolute Gasteiger partial charge is 0.494 e. The Kier molecular flexibility index (Phi) is 5.12. The SMILES string of the molecule is CCOc1ccc(NC(=O)c2cccc(N3C(=O)[C@H]4CC[C@@](C)(C3=O)C4(C)C)c2)cc1. The molecule has 31 heavy (non-hydrogen) atoms. The van der Waals surface area contributed by atoms with Gasteiger partial charge in [-0.2, -0.15) is 0 Å². The molecule has 4 rings (SSSR count). The number of hydrogen-bond acceptors (Lipinski definition) is 4. The second-order valence-corrected chi connectivity index (χ2v) is 9.09. The van der Waals surface area contributed by atoms with Gasteiger partial charge in [0.05, 0.1) is 17.7 Å². The number of imide groups is 1. The van der Waals surface area contributed by atoms with Crippen molar-refractivity contribution in [1.82, 2.24) is 0 Å². The highest BCUT2D eigenvalue weighted by atomic mass is 16.5. The van der Waals surface area contributed by atoms with E-state index in [0.29, 0.717) is 36.4 Å². The second-order valence-electron chi connectivity index (χ2n) is 9.09. The van der Waals surface area contributed by atoms with E-state index in [1.165, 1.54) is 4.90 Å². The summed E-state index contributed by atoms with van der Waals surface area (Å²) in [6.45, 7) is 8.46. The Hall–Kier alpha value is -3.15. The van der Waals surface area contributed by atoms with Crippen molar-refractivity contribution in [2.45, 2.75) is 40.5 Å². The number of anilines is 2. The number of carbonyl (C=O) groups is 3. The summed E-state index contributed by atoms with van der Waals surface area (Å²) < 4.78 is 5.42. The minimum absolute atomic E-state index is 0.172. The van der Waals surface area contributed by atoms with Gasteiger partial charge in [-0.25, -0.2) is 4.90 Å². The van der Waals surface area contributed by atoms with Gasteiger partial charge in [-0.15, -0.1) is 0 Å². The molecule has 2 aromatic rings. The monoisotopic (exact) mass is 420 g/mol. The topological polar surface area (TPSA) is 75.7 Å². The summed E-state index contributed by atoms with van der Waals surface area (Å²) in [5, 5.41) is 2.85. The molecule has 1 N–H and O–H groups in total. The van der Waals surface area contributed by atoms with Crippen molar-refractivity contribution in [3.05, 3.63) is 54.1 Å². The number of rotatable bonds is 5. The van der Waals surface area contributed by atoms with Crippen LogP contribution in [0.2, 0.25) is 0 Å². The number of hydrogen-bond donors (Lipinski definition) is 1. The predicted octanol–water partition coefficient (Wildman–Crippen LogP) is 4.65. The van der Waals surface area contributed by atoms with Crippen molar-refractivity contribution < 1.29 is 19.1 Å². The summed E-state index contributed by atoms with van der Waals surface area (Å²) in [6.07, 6.45) is 1.41. The fraction of sp³-hybridized carbons (Fsp3) is 0.400. The Morgan fingerprint density at radius 3 is 2.52 bits per heavy atom. The van der Waals surface area contributed by atoms with Crippen LogP contribution in [0.1, 0.15) is 50.9 Å². The molecule has 1 aliphatic carbocycles. The molecule has 162 valence electrons. The van der Waals surface area contributed by atoms with Crippen molar-refractivity contribution >= 4 is 29.1 Å². The summed E-state index contributed by atoms with van der Waals surface area (Å²) in [6, 6.07) is 13.8. The van der Waals surface area contributed by atoms with Crippen LogP contribution in [-0.2, 0) is 9.59 Å². The van der Waals surface area contributed by atoms with Crippen molar-refractivity contribution in [3.8, 4) is 5.75 Å². The molecule has 6 heteroatoms. The van der Waals surface area contributed by atoms with Crippen LogP contribution >= 0.6 is 0 Å². The highest BCUT2D eigenvalue weighted by Crippen LogP contribution is 2.60. The van der Waals surface area contributed by atoms with Gasteiger partial charge in [0.25, 0.3) is 5.91 Å². The van der Waals surface area contributed by atoms with Gasteiger partial charge in [-0.3, -0.25) is 14.4 Å². The lowest BCUT2D eigenvalue weighted by Gasteiger charge is -2.47. The normalized spacial score (nSPS) is 24.3. The molecule has 2 fully saturated rings. The maximum absolute atomic E-state index is 13.4. The first-order valence-corrected chi connectivity index (χ1v) is 10.7. The van der Waals surface area contributed by atoms with Gasteiger partial charge in [0.15, 0.2) is 0 Å². The van der Waals surface area contributed by atoms with Gasteiger partial charge in [-0.05, 0) is 67.6 Å². The van der Waals surface area contributed by atoms with Crippen LogP contribution in [0, 0.1) is 16.7 Å². The van der Waals surface area contributed by atoms with Crippen LogP contribution in [0.3, 0.4) is 0 Å². The molecule has 2 aromatic carbocycles. The van der Waals surface area contributed by atoms with E-state index < -0.39 is 5.41 Å². The van der Waals surface area contributed by atoms with E-state index in [9.17, 15) is 14.4 Å². The van der Waals surface area contributed by atoms with E-state index in [1.807, 2.05) is 27.7 Å². The Morgan fingerprint density at radius 2 is 1.84 bits per heavy atom. The van der Waals surface area contributed by atoms with E-state index in [-0.39, 0.29) is 29.1 Å². The lowest BCUT2D eigenvalue weighted by molar-refractivity contribution is -0.146. The summed E-state index contributed by atoms with van der Waals surface area (Å²) in [5.74, 6) is -0.126. The Bertz CT molecular complexity index is 1040. The maximum atomic E-state index is 13.4. The van der Waals surface area contributed by atoms with Crippen molar-refractivity contribution in [1.29, 1.82) is 0 Å². The average Bonchev–Trinajstić information content (AvgIpc) is 2.93. The smallest absolute Gasteiger partial charge is 0.255 e. The molecule has 6 nitrogen and oxygen atoms in total. The number of carbonyl (C=O) groups excluding carboxylic acids is 3. The zero-order valence-electron chi connectivity index (χ0n) is 18.4. The van der Waals surface area contributed by atoms with Crippen LogP contribution in [0.25, 0.3) is 0 Å². The summed E-state index contributed by atoms with van der Waals surface area (Å²) in [5.41, 5.74) is 0.500. The Labute approximate surface area is 182 Å². The molecular formula is C25H28N2O4. The minimum atomic E-state index is -0.591. The third kappa shape index (κ3) is 3.30. The summed E-state index contributed by atoms with van der Waals surface area (Å²) >= 11 is 0. The molecule has 1 aliphatic heterocycles. The third-order valence-corrected chi connectivity index (χ3v) is 7.21. The molecule has 0 spiro atoms. The fourth-order valence-corrected chi connectivity index (χ4v) is 4.85. The van der Waals surface area contributed by atoms with Crippen LogP contribution < -0.4 is 15.0 Å². The predicted molar refractivity (Wildman–Crippen MR) is 119 cm³/mol. The zero-order valence-corrected chi connectivity index (χ0v) is 18.4. The van der Waals surface area contributed by atoms with Gasteiger partial charge in [-0.1, -0.05) is 26.8 Å². The molecular weight excluding hydrogens is 392 g/mol. The van der Waals surface area contributed by atoms with Gasteiger partial charge < -0.3 is 10.1 Å². The molecule has 2 bridgehead atoms. The van der Waals surface area contributed by atoms with E-state index >= 15 is 0 Å². The lowest BCUT2D eigenvalue weighted by atomic mass is 9.62. The molecule has 3 amide bonds. The van der Waals surface area contributed by atoms with Gasteiger partial charge in [0.1, 0.15) is 5.75 Å². The van der Waals surface area contributed by atoms with E-state index in [0.717, 1.165) is 5.75 Å². The quantitative estimate of drug-likeness (QED) is 0.714. The average molecular weight is 421 g/mol. The number of ether oxygens (including phenoxy) is 1. The number of fused-ring (bicyclic) bond motifs is 2. The summed E-state index contributed by atoms with van der Waals surface area (Å²) in [7, 11) is 0. The van der Waals surface area contributed by atoms with E-state index in [4.69, 9.17) is 4.74 Å². The first-order valence-electron chi connectivity index (χ1n) is 10.7. The molecule has 2 atom stereocenters. The Morgan fingerprint density at radius 1 is 1.13 bits per heavy atom. The van der Waals surface area contributed by atoms with Crippen molar-refractivity contribution in [3.63, 3.8) is 0 Å². The molecule has 2 aliphatic rings. The molecule has 0 aromatic heterocycles. The number of piperidine rings is 1. The van der Waals surface area contributed by atoms with Crippen molar-refractivity contribution in [2.24, 2.45) is 16.7 Å². The second kappa shape index (κ2) is 7.52. The van der Waals surface area contributed by atoms with Gasteiger partial charge in [0.2, 0.25) is 11.8 Å². The van der Waals surface area contributed by atoms with E-state index in [2.05, 4.69) is 5.32 Å². The highest BCUT2D eigenvalue weighted by molar-refractivity contribution is 6.21. The fourth-order valence-electron chi connectivity index (χ4n) is 4.85.